The molecule has 0 saturated heterocycles. The van der Waals surface area contributed by atoms with Gasteiger partial charge in [-0.15, -0.1) is 0 Å². The molecule has 2 aromatic rings. The molecular formula is C17H18Cl2N2O. The quantitative estimate of drug-likeness (QED) is 0.838. The molecule has 1 atom stereocenters. The topological polar surface area (TPSA) is 41.1 Å². The van der Waals surface area contributed by atoms with Crippen molar-refractivity contribution in [3.63, 3.8) is 0 Å². The van der Waals surface area contributed by atoms with E-state index in [0.29, 0.717) is 10.0 Å². The Morgan fingerprint density at radius 1 is 1.18 bits per heavy atom. The van der Waals surface area contributed by atoms with E-state index in [0.717, 1.165) is 16.8 Å². The van der Waals surface area contributed by atoms with Crippen LogP contribution >= 0.6 is 23.2 Å². The highest BCUT2D eigenvalue weighted by Gasteiger charge is 2.11. The summed E-state index contributed by atoms with van der Waals surface area (Å²) in [6.07, 6.45) is 0. The lowest BCUT2D eigenvalue weighted by Crippen LogP contribution is -2.30. The van der Waals surface area contributed by atoms with E-state index in [1.54, 1.807) is 12.1 Å². The Morgan fingerprint density at radius 3 is 2.59 bits per heavy atom. The van der Waals surface area contributed by atoms with Crippen LogP contribution in [0.2, 0.25) is 10.0 Å². The van der Waals surface area contributed by atoms with Gasteiger partial charge in [-0.25, -0.2) is 0 Å². The maximum atomic E-state index is 12.0. The molecule has 0 unspecified atom stereocenters. The molecule has 0 aliphatic rings. The van der Waals surface area contributed by atoms with Gasteiger partial charge in [-0.05, 0) is 49.2 Å². The molecule has 0 aliphatic heterocycles. The van der Waals surface area contributed by atoms with Crippen molar-refractivity contribution in [1.29, 1.82) is 0 Å². The van der Waals surface area contributed by atoms with E-state index < -0.39 is 0 Å². The highest BCUT2D eigenvalue weighted by molar-refractivity contribution is 6.31. The fraction of sp³-hybridized carbons (Fsp3) is 0.235. The van der Waals surface area contributed by atoms with Crippen molar-refractivity contribution in [2.75, 3.05) is 11.9 Å². The van der Waals surface area contributed by atoms with Crippen LogP contribution in [0.4, 0.5) is 5.69 Å². The monoisotopic (exact) mass is 336 g/mol. The Kier molecular flexibility index (Phi) is 5.83. The van der Waals surface area contributed by atoms with E-state index in [2.05, 4.69) is 10.6 Å². The molecule has 0 heterocycles. The van der Waals surface area contributed by atoms with Gasteiger partial charge in [-0.2, -0.15) is 0 Å². The van der Waals surface area contributed by atoms with E-state index >= 15 is 0 Å². The minimum absolute atomic E-state index is 0.00855. The molecule has 5 heteroatoms. The van der Waals surface area contributed by atoms with Gasteiger partial charge in [-0.3, -0.25) is 4.79 Å². The number of amides is 1. The Morgan fingerprint density at radius 2 is 1.91 bits per heavy atom. The Balaban J connectivity index is 1.91. The normalized spacial score (nSPS) is 12.0. The summed E-state index contributed by atoms with van der Waals surface area (Å²) in [5.41, 5.74) is 2.67. The number of anilines is 1. The number of rotatable bonds is 5. The van der Waals surface area contributed by atoms with Crippen LogP contribution in [0.3, 0.4) is 0 Å². The molecule has 0 aromatic heterocycles. The van der Waals surface area contributed by atoms with Crippen molar-refractivity contribution in [3.8, 4) is 0 Å². The number of benzene rings is 2. The van der Waals surface area contributed by atoms with Crippen LogP contribution < -0.4 is 10.6 Å². The standard InChI is InChI=1S/C17H18Cl2N2O/c1-11-9-13(18)7-8-16(11)21-17(22)10-20-12(2)14-5-3-4-6-15(14)19/h3-9,12,20H,10H2,1-2H3,(H,21,22)/t12-/m1/s1. The average molecular weight is 337 g/mol. The zero-order valence-corrected chi connectivity index (χ0v) is 14.0. The molecule has 2 N–H and O–H groups in total. The van der Waals surface area contributed by atoms with Crippen molar-refractivity contribution in [2.45, 2.75) is 19.9 Å². The van der Waals surface area contributed by atoms with Gasteiger partial charge in [0.2, 0.25) is 5.91 Å². The van der Waals surface area contributed by atoms with Crippen molar-refractivity contribution in [2.24, 2.45) is 0 Å². The largest absolute Gasteiger partial charge is 0.325 e. The van der Waals surface area contributed by atoms with Crippen molar-refractivity contribution in [3.05, 3.63) is 63.6 Å². The summed E-state index contributed by atoms with van der Waals surface area (Å²) >= 11 is 12.0. The number of hydrogen-bond acceptors (Lipinski definition) is 2. The number of aryl methyl sites for hydroxylation is 1. The van der Waals surface area contributed by atoms with Crippen LogP contribution in [0.1, 0.15) is 24.1 Å². The SMILES string of the molecule is Cc1cc(Cl)ccc1NC(=O)CN[C@H](C)c1ccccc1Cl. The summed E-state index contributed by atoms with van der Waals surface area (Å²) in [5, 5.41) is 7.38. The summed E-state index contributed by atoms with van der Waals surface area (Å²) in [6.45, 7) is 4.08. The summed E-state index contributed by atoms with van der Waals surface area (Å²) in [4.78, 5) is 12.0. The molecule has 3 nitrogen and oxygen atoms in total. The van der Waals surface area contributed by atoms with Crippen molar-refractivity contribution >= 4 is 34.8 Å². The molecule has 0 bridgehead atoms. The second-order valence-electron chi connectivity index (χ2n) is 5.13. The zero-order chi connectivity index (χ0) is 16.1. The highest BCUT2D eigenvalue weighted by atomic mass is 35.5. The first-order valence-corrected chi connectivity index (χ1v) is 7.77. The van der Waals surface area contributed by atoms with E-state index in [1.165, 1.54) is 0 Å². The third kappa shape index (κ3) is 4.47. The summed E-state index contributed by atoms with van der Waals surface area (Å²) in [7, 11) is 0. The number of carbonyl (C=O) groups is 1. The van der Waals surface area contributed by atoms with E-state index in [4.69, 9.17) is 23.2 Å². The van der Waals surface area contributed by atoms with E-state index in [9.17, 15) is 4.79 Å². The molecule has 2 aromatic carbocycles. The first-order chi connectivity index (χ1) is 10.5. The van der Waals surface area contributed by atoms with Crippen LogP contribution in [0.5, 0.6) is 0 Å². The number of nitrogens with one attached hydrogen (secondary N) is 2. The summed E-state index contributed by atoms with van der Waals surface area (Å²) < 4.78 is 0. The van der Waals surface area contributed by atoms with Crippen molar-refractivity contribution in [1.82, 2.24) is 5.32 Å². The number of carbonyl (C=O) groups excluding carboxylic acids is 1. The minimum Gasteiger partial charge on any atom is -0.325 e. The lowest BCUT2D eigenvalue weighted by molar-refractivity contribution is -0.115. The predicted octanol–water partition coefficient (Wildman–Crippen LogP) is 4.59. The highest BCUT2D eigenvalue weighted by Crippen LogP contribution is 2.22. The van der Waals surface area contributed by atoms with Crippen LogP contribution in [-0.4, -0.2) is 12.5 Å². The van der Waals surface area contributed by atoms with E-state index in [1.807, 2.05) is 44.2 Å². The first-order valence-electron chi connectivity index (χ1n) is 7.01. The second kappa shape index (κ2) is 7.63. The Labute approximate surface area is 140 Å². The third-order valence-electron chi connectivity index (χ3n) is 3.40. The number of hydrogen-bond donors (Lipinski definition) is 2. The van der Waals surface area contributed by atoms with Gasteiger partial charge in [0.25, 0.3) is 0 Å². The van der Waals surface area contributed by atoms with Gasteiger partial charge in [0.05, 0.1) is 6.54 Å². The van der Waals surface area contributed by atoms with Crippen LogP contribution in [0.25, 0.3) is 0 Å². The first kappa shape index (κ1) is 16.8. The summed E-state index contributed by atoms with van der Waals surface area (Å²) in [6, 6.07) is 13.0. The number of halogens is 2. The lowest BCUT2D eigenvalue weighted by atomic mass is 10.1. The van der Waals surface area contributed by atoms with Crippen LogP contribution in [-0.2, 0) is 4.79 Å². The summed E-state index contributed by atoms with van der Waals surface area (Å²) in [5.74, 6) is -0.107. The molecule has 2 rings (SSSR count). The van der Waals surface area contributed by atoms with Gasteiger partial charge in [0.15, 0.2) is 0 Å². The molecule has 0 fully saturated rings. The third-order valence-corrected chi connectivity index (χ3v) is 3.98. The fourth-order valence-electron chi connectivity index (χ4n) is 2.14. The van der Waals surface area contributed by atoms with Gasteiger partial charge < -0.3 is 10.6 Å². The van der Waals surface area contributed by atoms with E-state index in [-0.39, 0.29) is 18.5 Å². The zero-order valence-electron chi connectivity index (χ0n) is 12.5. The molecule has 1 amide bonds. The molecule has 22 heavy (non-hydrogen) atoms. The lowest BCUT2D eigenvalue weighted by Gasteiger charge is -2.16. The van der Waals surface area contributed by atoms with Gasteiger partial charge in [0, 0.05) is 21.8 Å². The van der Waals surface area contributed by atoms with Crippen molar-refractivity contribution < 1.29 is 4.79 Å². The van der Waals surface area contributed by atoms with Crippen LogP contribution in [0.15, 0.2) is 42.5 Å². The molecule has 0 spiro atoms. The smallest absolute Gasteiger partial charge is 0.238 e. The Hall–Kier alpha value is -1.55. The molecule has 0 saturated carbocycles. The van der Waals surface area contributed by atoms with Gasteiger partial charge in [0.1, 0.15) is 0 Å². The Bertz CT molecular complexity index is 673. The fourth-order valence-corrected chi connectivity index (χ4v) is 2.67. The van der Waals surface area contributed by atoms with Gasteiger partial charge in [-0.1, -0.05) is 41.4 Å². The van der Waals surface area contributed by atoms with Crippen LogP contribution in [0, 0.1) is 6.92 Å². The molecular weight excluding hydrogens is 319 g/mol. The minimum atomic E-state index is -0.107. The molecule has 0 radical (unpaired) electrons. The average Bonchev–Trinajstić information content (AvgIpc) is 2.48. The predicted molar refractivity (Wildman–Crippen MR) is 92.7 cm³/mol. The maximum absolute atomic E-state index is 12.0. The second-order valence-corrected chi connectivity index (χ2v) is 5.98. The molecule has 116 valence electrons. The van der Waals surface area contributed by atoms with Gasteiger partial charge >= 0.3 is 0 Å². The molecule has 0 aliphatic carbocycles. The maximum Gasteiger partial charge on any atom is 0.238 e.